The molecule has 0 aromatic heterocycles. The molecule has 0 radical (unpaired) electrons. The predicted octanol–water partition coefficient (Wildman–Crippen LogP) is 2.52. The number of nitrogens with zero attached hydrogens (tertiary/aromatic N) is 2. The van der Waals surface area contributed by atoms with Crippen molar-refractivity contribution in [2.45, 2.75) is 37.8 Å². The van der Waals surface area contributed by atoms with E-state index in [9.17, 15) is 9.18 Å². The van der Waals surface area contributed by atoms with Crippen molar-refractivity contribution in [2.24, 2.45) is 0 Å². The molecule has 2 saturated heterocycles. The number of rotatable bonds is 2. The highest BCUT2D eigenvalue weighted by Crippen LogP contribution is 2.30. The normalized spacial score (nSPS) is 27.2. The summed E-state index contributed by atoms with van der Waals surface area (Å²) in [5, 5.41) is 0. The van der Waals surface area contributed by atoms with E-state index in [0.29, 0.717) is 17.6 Å². The number of hydrogen-bond acceptors (Lipinski definition) is 2. The Bertz CT molecular complexity index is 488. The van der Waals surface area contributed by atoms with Crippen LogP contribution in [-0.2, 0) is 0 Å². The summed E-state index contributed by atoms with van der Waals surface area (Å²) in [6.45, 7) is 1.95. The summed E-state index contributed by atoms with van der Waals surface area (Å²) in [6.07, 6.45) is 4.55. The first-order valence-electron chi connectivity index (χ1n) is 7.43. The minimum atomic E-state index is -0.296. The van der Waals surface area contributed by atoms with Crippen molar-refractivity contribution in [3.8, 4) is 0 Å². The topological polar surface area (TPSA) is 23.6 Å². The van der Waals surface area contributed by atoms with E-state index in [-0.39, 0.29) is 11.7 Å². The average molecular weight is 276 g/mol. The van der Waals surface area contributed by atoms with Crippen molar-refractivity contribution >= 4 is 5.91 Å². The molecule has 20 heavy (non-hydrogen) atoms. The van der Waals surface area contributed by atoms with Gasteiger partial charge in [0.2, 0.25) is 0 Å². The Hall–Kier alpha value is -1.42. The second-order valence-corrected chi connectivity index (χ2v) is 5.91. The van der Waals surface area contributed by atoms with Crippen LogP contribution in [0.4, 0.5) is 4.39 Å². The number of benzene rings is 1. The van der Waals surface area contributed by atoms with Crippen LogP contribution in [0.15, 0.2) is 24.3 Å². The summed E-state index contributed by atoms with van der Waals surface area (Å²) in [7, 11) is 2.15. The van der Waals surface area contributed by atoms with Crippen LogP contribution in [0.25, 0.3) is 0 Å². The zero-order valence-electron chi connectivity index (χ0n) is 11.9. The fourth-order valence-electron chi connectivity index (χ4n) is 3.63. The van der Waals surface area contributed by atoms with Crippen LogP contribution in [-0.4, -0.2) is 47.9 Å². The number of likely N-dealkylation sites (N-methyl/N-ethyl adjacent to an activating group) is 1. The van der Waals surface area contributed by atoms with Gasteiger partial charge in [0.1, 0.15) is 5.82 Å². The van der Waals surface area contributed by atoms with Gasteiger partial charge in [-0.15, -0.1) is 0 Å². The quantitative estimate of drug-likeness (QED) is 0.828. The van der Waals surface area contributed by atoms with Gasteiger partial charge in [-0.05, 0) is 63.5 Å². The minimum absolute atomic E-state index is 0.0489. The standard InChI is InChI=1S/C16H21FN2O/c1-18-10-2-4-14(18)15-5-3-11-19(15)16(20)12-6-8-13(17)9-7-12/h6-9,14-15H,2-5,10-11H2,1H3/t14-,15-/m0/s1. The lowest BCUT2D eigenvalue weighted by Gasteiger charge is -2.33. The molecule has 4 heteroatoms. The van der Waals surface area contributed by atoms with Crippen molar-refractivity contribution in [1.82, 2.24) is 9.80 Å². The molecular weight excluding hydrogens is 255 g/mol. The van der Waals surface area contributed by atoms with Gasteiger partial charge in [-0.1, -0.05) is 0 Å². The maximum absolute atomic E-state index is 13.0. The summed E-state index contributed by atoms with van der Waals surface area (Å²) >= 11 is 0. The molecule has 0 N–H and O–H groups in total. The maximum atomic E-state index is 13.0. The van der Waals surface area contributed by atoms with Crippen LogP contribution in [0.3, 0.4) is 0 Å². The van der Waals surface area contributed by atoms with Gasteiger partial charge in [0.25, 0.3) is 5.91 Å². The van der Waals surface area contributed by atoms with Crippen molar-refractivity contribution in [2.75, 3.05) is 20.1 Å². The number of likely N-dealkylation sites (tertiary alicyclic amines) is 2. The molecular formula is C16H21FN2O. The van der Waals surface area contributed by atoms with Gasteiger partial charge in [0.15, 0.2) is 0 Å². The van der Waals surface area contributed by atoms with Crippen LogP contribution in [0, 0.1) is 5.82 Å². The van der Waals surface area contributed by atoms with E-state index < -0.39 is 0 Å². The summed E-state index contributed by atoms with van der Waals surface area (Å²) in [5.74, 6) is -0.247. The molecule has 2 aliphatic heterocycles. The molecule has 2 atom stereocenters. The number of carbonyl (C=O) groups excluding carboxylic acids is 1. The molecule has 3 rings (SSSR count). The summed E-state index contributed by atoms with van der Waals surface area (Å²) in [6, 6.07) is 6.71. The van der Waals surface area contributed by atoms with E-state index in [1.165, 1.54) is 25.0 Å². The molecule has 0 spiro atoms. The molecule has 0 aliphatic carbocycles. The molecule has 108 valence electrons. The Balaban J connectivity index is 1.78. The minimum Gasteiger partial charge on any atom is -0.334 e. The van der Waals surface area contributed by atoms with Crippen molar-refractivity contribution < 1.29 is 9.18 Å². The first-order valence-corrected chi connectivity index (χ1v) is 7.43. The molecule has 2 aliphatic rings. The average Bonchev–Trinajstić information content (AvgIpc) is 3.07. The molecule has 1 aromatic carbocycles. The highest BCUT2D eigenvalue weighted by atomic mass is 19.1. The lowest BCUT2D eigenvalue weighted by molar-refractivity contribution is 0.0664. The molecule has 2 heterocycles. The van der Waals surface area contributed by atoms with Crippen LogP contribution in [0.5, 0.6) is 0 Å². The lowest BCUT2D eigenvalue weighted by Crippen LogP contribution is -2.47. The maximum Gasteiger partial charge on any atom is 0.254 e. The highest BCUT2D eigenvalue weighted by molar-refractivity contribution is 5.94. The molecule has 0 saturated carbocycles. The largest absolute Gasteiger partial charge is 0.334 e. The molecule has 1 amide bonds. The predicted molar refractivity (Wildman–Crippen MR) is 76.1 cm³/mol. The van der Waals surface area contributed by atoms with Gasteiger partial charge in [0, 0.05) is 24.2 Å². The zero-order valence-corrected chi connectivity index (χ0v) is 11.9. The third-order valence-electron chi connectivity index (χ3n) is 4.67. The Morgan fingerprint density at radius 1 is 1.10 bits per heavy atom. The molecule has 0 bridgehead atoms. The zero-order chi connectivity index (χ0) is 14.1. The van der Waals surface area contributed by atoms with Crippen molar-refractivity contribution in [3.05, 3.63) is 35.6 Å². The van der Waals surface area contributed by atoms with Crippen LogP contribution in [0.1, 0.15) is 36.0 Å². The van der Waals surface area contributed by atoms with Crippen LogP contribution >= 0.6 is 0 Å². The van der Waals surface area contributed by atoms with E-state index in [1.54, 1.807) is 12.1 Å². The van der Waals surface area contributed by atoms with Crippen molar-refractivity contribution in [1.29, 1.82) is 0 Å². The van der Waals surface area contributed by atoms with E-state index >= 15 is 0 Å². The number of hydrogen-bond donors (Lipinski definition) is 0. The Morgan fingerprint density at radius 2 is 1.75 bits per heavy atom. The SMILES string of the molecule is CN1CCC[C@H]1[C@@H]1CCCN1C(=O)c1ccc(F)cc1. The van der Waals surface area contributed by atoms with E-state index in [1.807, 2.05) is 4.90 Å². The van der Waals surface area contributed by atoms with E-state index in [0.717, 1.165) is 25.9 Å². The summed E-state index contributed by atoms with van der Waals surface area (Å²) < 4.78 is 13.0. The fraction of sp³-hybridized carbons (Fsp3) is 0.562. The van der Waals surface area contributed by atoms with Gasteiger partial charge in [-0.3, -0.25) is 4.79 Å². The van der Waals surface area contributed by atoms with Gasteiger partial charge >= 0.3 is 0 Å². The summed E-state index contributed by atoms with van der Waals surface area (Å²) in [4.78, 5) is 17.0. The van der Waals surface area contributed by atoms with Crippen LogP contribution < -0.4 is 0 Å². The van der Waals surface area contributed by atoms with Gasteiger partial charge in [0.05, 0.1) is 0 Å². The van der Waals surface area contributed by atoms with Gasteiger partial charge < -0.3 is 9.80 Å². The molecule has 0 unspecified atom stereocenters. The summed E-state index contributed by atoms with van der Waals surface area (Å²) in [5.41, 5.74) is 0.596. The number of amides is 1. The Kier molecular flexibility index (Phi) is 3.74. The number of carbonyl (C=O) groups is 1. The lowest BCUT2D eigenvalue weighted by atomic mass is 10.0. The van der Waals surface area contributed by atoms with E-state index in [2.05, 4.69) is 11.9 Å². The van der Waals surface area contributed by atoms with E-state index in [4.69, 9.17) is 0 Å². The second-order valence-electron chi connectivity index (χ2n) is 5.91. The second kappa shape index (κ2) is 5.52. The van der Waals surface area contributed by atoms with Crippen LogP contribution in [0.2, 0.25) is 0 Å². The van der Waals surface area contributed by atoms with Gasteiger partial charge in [-0.2, -0.15) is 0 Å². The Labute approximate surface area is 119 Å². The first-order chi connectivity index (χ1) is 9.66. The fourth-order valence-corrected chi connectivity index (χ4v) is 3.63. The highest BCUT2D eigenvalue weighted by Gasteiger charge is 2.38. The number of halogens is 1. The third-order valence-corrected chi connectivity index (χ3v) is 4.67. The smallest absolute Gasteiger partial charge is 0.254 e. The monoisotopic (exact) mass is 276 g/mol. The Morgan fingerprint density at radius 3 is 2.40 bits per heavy atom. The molecule has 3 nitrogen and oxygen atoms in total. The first kappa shape index (κ1) is 13.6. The van der Waals surface area contributed by atoms with Crippen molar-refractivity contribution in [3.63, 3.8) is 0 Å². The molecule has 1 aromatic rings. The molecule has 2 fully saturated rings. The third kappa shape index (κ3) is 2.44. The van der Waals surface area contributed by atoms with Gasteiger partial charge in [-0.25, -0.2) is 4.39 Å².